The fraction of sp³-hybridized carbons (Fsp3) is 0.0556. The number of aromatic amines is 1. The molecule has 4 heteroatoms. The fourth-order valence-electron chi connectivity index (χ4n) is 2.65. The molecule has 4 nitrogen and oxygen atoms in total. The highest BCUT2D eigenvalue weighted by atomic mass is 15.2. The summed E-state index contributed by atoms with van der Waals surface area (Å²) < 4.78 is 0. The summed E-state index contributed by atoms with van der Waals surface area (Å²) >= 11 is 0. The maximum absolute atomic E-state index is 4.65. The molecule has 0 amide bonds. The van der Waals surface area contributed by atoms with Crippen molar-refractivity contribution in [2.24, 2.45) is 0 Å². The van der Waals surface area contributed by atoms with Crippen LogP contribution in [0.25, 0.3) is 33.4 Å². The molecule has 0 fully saturated rings. The van der Waals surface area contributed by atoms with Gasteiger partial charge in [0, 0.05) is 28.2 Å². The molecule has 2 aromatic carbocycles. The van der Waals surface area contributed by atoms with Gasteiger partial charge in [0.15, 0.2) is 0 Å². The number of nitrogens with one attached hydrogen (secondary N) is 1. The minimum atomic E-state index is 0.667. The van der Waals surface area contributed by atoms with E-state index in [4.69, 9.17) is 0 Å². The molecule has 0 aliphatic carbocycles. The summed E-state index contributed by atoms with van der Waals surface area (Å²) in [4.78, 5) is 7.95. The number of hydrogen-bond acceptors (Lipinski definition) is 3. The fourth-order valence-corrected chi connectivity index (χ4v) is 2.65. The van der Waals surface area contributed by atoms with Crippen molar-refractivity contribution in [1.29, 1.82) is 0 Å². The zero-order valence-electron chi connectivity index (χ0n) is 12.1. The summed E-state index contributed by atoms with van der Waals surface area (Å²) in [6.45, 7) is 1.86. The second-order valence-electron chi connectivity index (χ2n) is 5.17. The van der Waals surface area contributed by atoms with Crippen LogP contribution >= 0.6 is 0 Å². The number of benzene rings is 2. The van der Waals surface area contributed by atoms with Crippen LogP contribution in [0, 0.1) is 6.92 Å². The number of aromatic nitrogens is 4. The Morgan fingerprint density at radius 1 is 0.818 bits per heavy atom. The molecule has 2 heterocycles. The van der Waals surface area contributed by atoms with E-state index in [0.29, 0.717) is 5.82 Å². The van der Waals surface area contributed by atoms with Gasteiger partial charge in [0.2, 0.25) is 0 Å². The molecule has 0 saturated heterocycles. The van der Waals surface area contributed by atoms with Gasteiger partial charge in [0.25, 0.3) is 0 Å². The molecule has 0 unspecified atom stereocenters. The quantitative estimate of drug-likeness (QED) is 0.606. The molecule has 1 N–H and O–H groups in total. The van der Waals surface area contributed by atoms with Gasteiger partial charge in [-0.2, -0.15) is 0 Å². The largest absolute Gasteiger partial charge is 0.360 e. The van der Waals surface area contributed by atoms with E-state index in [0.717, 1.165) is 33.4 Å². The van der Waals surface area contributed by atoms with Crippen molar-refractivity contribution >= 4 is 10.9 Å². The van der Waals surface area contributed by atoms with Gasteiger partial charge in [-0.1, -0.05) is 48.5 Å². The van der Waals surface area contributed by atoms with Crippen molar-refractivity contribution in [1.82, 2.24) is 20.2 Å². The van der Waals surface area contributed by atoms with Crippen molar-refractivity contribution in [2.45, 2.75) is 6.92 Å². The van der Waals surface area contributed by atoms with Crippen LogP contribution in [0.3, 0.4) is 0 Å². The summed E-state index contributed by atoms with van der Waals surface area (Å²) in [6, 6.07) is 18.2. The first-order chi connectivity index (χ1) is 10.8. The van der Waals surface area contributed by atoms with Crippen molar-refractivity contribution < 1.29 is 0 Å². The van der Waals surface area contributed by atoms with Gasteiger partial charge in [-0.05, 0) is 13.0 Å². The lowest BCUT2D eigenvalue weighted by Gasteiger charge is -2.07. The van der Waals surface area contributed by atoms with Gasteiger partial charge in [-0.3, -0.25) is 0 Å². The van der Waals surface area contributed by atoms with Gasteiger partial charge >= 0.3 is 0 Å². The maximum atomic E-state index is 4.65. The number of fused-ring (bicyclic) bond motifs is 1. The van der Waals surface area contributed by atoms with Crippen molar-refractivity contribution in [3.63, 3.8) is 0 Å². The minimum Gasteiger partial charge on any atom is -0.360 e. The zero-order valence-corrected chi connectivity index (χ0v) is 12.1. The third kappa shape index (κ3) is 2.05. The van der Waals surface area contributed by atoms with Crippen LogP contribution in [0.15, 0.2) is 60.8 Å². The molecular weight excluding hydrogens is 272 g/mol. The Morgan fingerprint density at radius 2 is 1.59 bits per heavy atom. The molecule has 0 atom stereocenters. The Labute approximate surface area is 127 Å². The standard InChI is InChI=1S/C18H14N4/c1-12-20-18(15-11-19-16-10-6-5-9-14(15)16)17(22-21-12)13-7-3-2-4-8-13/h2-11,19H,1H3. The number of rotatable bonds is 2. The highest BCUT2D eigenvalue weighted by molar-refractivity contribution is 5.97. The summed E-state index contributed by atoms with van der Waals surface area (Å²) in [7, 11) is 0. The summed E-state index contributed by atoms with van der Waals surface area (Å²) in [6.07, 6.45) is 1.99. The second kappa shape index (κ2) is 5.07. The lowest BCUT2D eigenvalue weighted by Crippen LogP contribution is -1.99. The normalized spacial score (nSPS) is 11.0. The Bertz CT molecular complexity index is 942. The first kappa shape index (κ1) is 12.7. The molecule has 4 rings (SSSR count). The Morgan fingerprint density at radius 3 is 2.45 bits per heavy atom. The third-order valence-corrected chi connectivity index (χ3v) is 3.68. The van der Waals surface area contributed by atoms with Crippen molar-refractivity contribution in [2.75, 3.05) is 0 Å². The SMILES string of the molecule is Cc1nnc(-c2ccccc2)c(-c2c[nH]c3ccccc23)n1. The molecule has 0 aliphatic heterocycles. The summed E-state index contributed by atoms with van der Waals surface area (Å²) in [5.41, 5.74) is 4.81. The Hall–Kier alpha value is -3.01. The number of nitrogens with zero attached hydrogens (tertiary/aromatic N) is 3. The number of para-hydroxylation sites is 1. The molecule has 0 bridgehead atoms. The van der Waals surface area contributed by atoms with Gasteiger partial charge in [0.05, 0.1) is 0 Å². The summed E-state index contributed by atoms with van der Waals surface area (Å²) in [5.74, 6) is 0.667. The predicted octanol–water partition coefficient (Wildman–Crippen LogP) is 4.00. The van der Waals surface area contributed by atoms with Crippen LogP contribution in [0.4, 0.5) is 0 Å². The summed E-state index contributed by atoms with van der Waals surface area (Å²) in [5, 5.41) is 9.66. The lowest BCUT2D eigenvalue weighted by molar-refractivity contribution is 0.919. The van der Waals surface area contributed by atoms with E-state index in [1.54, 1.807) is 0 Å². The van der Waals surface area contributed by atoms with E-state index >= 15 is 0 Å². The first-order valence-electron chi connectivity index (χ1n) is 7.16. The molecular formula is C18H14N4. The van der Waals surface area contributed by atoms with Gasteiger partial charge in [-0.25, -0.2) is 4.98 Å². The van der Waals surface area contributed by atoms with Gasteiger partial charge < -0.3 is 4.98 Å². The maximum Gasteiger partial charge on any atom is 0.148 e. The van der Waals surface area contributed by atoms with E-state index in [9.17, 15) is 0 Å². The van der Waals surface area contributed by atoms with Crippen molar-refractivity contribution in [3.05, 3.63) is 66.6 Å². The number of H-pyrrole nitrogens is 1. The lowest BCUT2D eigenvalue weighted by atomic mass is 10.0. The highest BCUT2D eigenvalue weighted by Crippen LogP contribution is 2.33. The smallest absolute Gasteiger partial charge is 0.148 e. The van der Waals surface area contributed by atoms with E-state index in [-0.39, 0.29) is 0 Å². The van der Waals surface area contributed by atoms with Crippen LogP contribution in [0.2, 0.25) is 0 Å². The van der Waals surface area contributed by atoms with E-state index in [2.05, 4.69) is 32.3 Å². The second-order valence-corrected chi connectivity index (χ2v) is 5.17. The van der Waals surface area contributed by atoms with Crippen LogP contribution < -0.4 is 0 Å². The Balaban J connectivity index is 2.00. The van der Waals surface area contributed by atoms with Gasteiger partial charge in [0.1, 0.15) is 17.2 Å². The topological polar surface area (TPSA) is 54.5 Å². The molecule has 0 aliphatic rings. The monoisotopic (exact) mass is 286 g/mol. The molecule has 22 heavy (non-hydrogen) atoms. The van der Waals surface area contributed by atoms with E-state index < -0.39 is 0 Å². The molecule has 0 spiro atoms. The molecule has 2 aromatic heterocycles. The highest BCUT2D eigenvalue weighted by Gasteiger charge is 2.15. The third-order valence-electron chi connectivity index (χ3n) is 3.68. The predicted molar refractivity (Wildman–Crippen MR) is 87.3 cm³/mol. The molecule has 4 aromatic rings. The number of hydrogen-bond donors (Lipinski definition) is 1. The van der Waals surface area contributed by atoms with Crippen LogP contribution in [0.1, 0.15) is 5.82 Å². The molecule has 106 valence electrons. The minimum absolute atomic E-state index is 0.667. The van der Waals surface area contributed by atoms with Crippen LogP contribution in [-0.4, -0.2) is 20.2 Å². The zero-order chi connectivity index (χ0) is 14.9. The van der Waals surface area contributed by atoms with E-state index in [1.165, 1.54) is 0 Å². The van der Waals surface area contributed by atoms with Crippen molar-refractivity contribution in [3.8, 4) is 22.5 Å². The molecule has 0 saturated carbocycles. The van der Waals surface area contributed by atoms with E-state index in [1.807, 2.05) is 55.6 Å². The molecule has 0 radical (unpaired) electrons. The van der Waals surface area contributed by atoms with Gasteiger partial charge in [-0.15, -0.1) is 10.2 Å². The van der Waals surface area contributed by atoms with Crippen LogP contribution in [0.5, 0.6) is 0 Å². The Kier molecular flexibility index (Phi) is 2.93. The first-order valence-corrected chi connectivity index (χ1v) is 7.16. The van der Waals surface area contributed by atoms with Crippen LogP contribution in [-0.2, 0) is 0 Å². The average molecular weight is 286 g/mol. The average Bonchev–Trinajstić information content (AvgIpc) is 2.99. The number of aryl methyl sites for hydroxylation is 1.